The molecule has 3 heterocycles. The zero-order valence-corrected chi connectivity index (χ0v) is 15.3. The minimum absolute atomic E-state index is 0.0732. The van der Waals surface area contributed by atoms with Crippen LogP contribution in [0, 0.1) is 0 Å². The van der Waals surface area contributed by atoms with Crippen molar-refractivity contribution in [3.05, 3.63) is 47.2 Å². The molecule has 27 heavy (non-hydrogen) atoms. The van der Waals surface area contributed by atoms with Crippen LogP contribution in [-0.2, 0) is 11.4 Å². The van der Waals surface area contributed by atoms with Gasteiger partial charge in [0.2, 0.25) is 11.8 Å². The van der Waals surface area contributed by atoms with Gasteiger partial charge in [-0.15, -0.1) is 10.2 Å². The Morgan fingerprint density at radius 3 is 2.56 bits per heavy atom. The van der Waals surface area contributed by atoms with E-state index in [1.165, 1.54) is 0 Å². The lowest BCUT2D eigenvalue weighted by molar-refractivity contribution is 0.0561. The Balaban J connectivity index is 1.53. The molecule has 1 amide bonds. The molecule has 7 heteroatoms. The van der Waals surface area contributed by atoms with Gasteiger partial charge in [0.25, 0.3) is 5.91 Å². The van der Waals surface area contributed by atoms with Gasteiger partial charge in [0.1, 0.15) is 12.7 Å². The van der Waals surface area contributed by atoms with Crippen molar-refractivity contribution >= 4 is 5.91 Å². The number of aromatic nitrogens is 2. The summed E-state index contributed by atoms with van der Waals surface area (Å²) in [7, 11) is 0. The molecule has 2 aliphatic rings. The highest BCUT2D eigenvalue weighted by Crippen LogP contribution is 2.33. The van der Waals surface area contributed by atoms with Gasteiger partial charge in [0, 0.05) is 31.2 Å². The van der Waals surface area contributed by atoms with E-state index < -0.39 is 6.67 Å². The standard InChI is InChI=1S/C20H24FN3O3/c21-13-14-4-6-16(7-5-14)20(25)24-10-2-1-3-17(24)19-23-22-18(27-19)15-8-11-26-12-9-15/h4-7,15,17H,1-3,8-13H2. The van der Waals surface area contributed by atoms with Crippen molar-refractivity contribution in [3.63, 3.8) is 0 Å². The van der Waals surface area contributed by atoms with Crippen LogP contribution in [-0.4, -0.2) is 40.8 Å². The highest BCUT2D eigenvalue weighted by molar-refractivity contribution is 5.94. The number of benzene rings is 1. The van der Waals surface area contributed by atoms with Crippen LogP contribution >= 0.6 is 0 Å². The summed E-state index contributed by atoms with van der Waals surface area (Å²) in [5.41, 5.74) is 1.13. The van der Waals surface area contributed by atoms with Gasteiger partial charge in [-0.2, -0.15) is 0 Å². The number of halogens is 1. The van der Waals surface area contributed by atoms with Gasteiger partial charge >= 0.3 is 0 Å². The third-order valence-electron chi connectivity index (χ3n) is 5.43. The Bertz CT molecular complexity index is 771. The van der Waals surface area contributed by atoms with Crippen molar-refractivity contribution in [2.45, 2.75) is 50.7 Å². The van der Waals surface area contributed by atoms with Gasteiger partial charge in [0.15, 0.2) is 0 Å². The molecular weight excluding hydrogens is 349 g/mol. The molecule has 1 unspecified atom stereocenters. The molecule has 4 rings (SSSR count). The Hall–Kier alpha value is -2.28. The Labute approximate surface area is 157 Å². The monoisotopic (exact) mass is 373 g/mol. The number of carbonyl (C=O) groups excluding carboxylic acids is 1. The Morgan fingerprint density at radius 2 is 1.81 bits per heavy atom. The molecule has 0 spiro atoms. The van der Waals surface area contributed by atoms with Crippen molar-refractivity contribution in [3.8, 4) is 0 Å². The highest BCUT2D eigenvalue weighted by atomic mass is 19.1. The molecule has 0 bridgehead atoms. The SMILES string of the molecule is O=C(c1ccc(CF)cc1)N1CCCCC1c1nnc(C2CCOCC2)o1. The summed E-state index contributed by atoms with van der Waals surface area (Å²) in [6.07, 6.45) is 4.55. The molecule has 0 aliphatic carbocycles. The maximum absolute atomic E-state index is 13.0. The van der Waals surface area contributed by atoms with Gasteiger partial charge in [-0.05, 0) is 49.8 Å². The third kappa shape index (κ3) is 3.88. The first-order valence-corrected chi connectivity index (χ1v) is 9.63. The Morgan fingerprint density at radius 1 is 1.07 bits per heavy atom. The molecule has 0 saturated carbocycles. The lowest BCUT2D eigenvalue weighted by Crippen LogP contribution is -2.38. The van der Waals surface area contributed by atoms with E-state index in [4.69, 9.17) is 9.15 Å². The van der Waals surface area contributed by atoms with Crippen molar-refractivity contribution in [2.75, 3.05) is 19.8 Å². The van der Waals surface area contributed by atoms with Gasteiger partial charge in [-0.25, -0.2) is 4.39 Å². The van der Waals surface area contributed by atoms with Crippen LogP contribution in [0.15, 0.2) is 28.7 Å². The fourth-order valence-electron chi connectivity index (χ4n) is 3.82. The van der Waals surface area contributed by atoms with Crippen LogP contribution in [0.5, 0.6) is 0 Å². The smallest absolute Gasteiger partial charge is 0.254 e. The summed E-state index contributed by atoms with van der Waals surface area (Å²) < 4.78 is 24.1. The summed E-state index contributed by atoms with van der Waals surface area (Å²) in [6, 6.07) is 6.48. The molecule has 2 saturated heterocycles. The summed E-state index contributed by atoms with van der Waals surface area (Å²) >= 11 is 0. The van der Waals surface area contributed by atoms with Gasteiger partial charge < -0.3 is 14.1 Å². The van der Waals surface area contributed by atoms with Crippen LogP contribution < -0.4 is 0 Å². The second kappa shape index (κ2) is 8.17. The third-order valence-corrected chi connectivity index (χ3v) is 5.43. The maximum Gasteiger partial charge on any atom is 0.254 e. The normalized spacial score (nSPS) is 21.4. The van der Waals surface area contributed by atoms with Crippen LogP contribution in [0.3, 0.4) is 0 Å². The predicted octanol–water partition coefficient (Wildman–Crippen LogP) is 3.80. The van der Waals surface area contributed by atoms with Crippen molar-refractivity contribution in [1.82, 2.24) is 15.1 Å². The van der Waals surface area contributed by atoms with E-state index in [1.54, 1.807) is 24.3 Å². The first-order chi connectivity index (χ1) is 13.3. The number of carbonyl (C=O) groups is 1. The number of rotatable bonds is 4. The van der Waals surface area contributed by atoms with Gasteiger partial charge in [0.05, 0.1) is 0 Å². The fourth-order valence-corrected chi connectivity index (χ4v) is 3.82. The number of alkyl halides is 1. The second-order valence-electron chi connectivity index (χ2n) is 7.21. The van der Waals surface area contributed by atoms with E-state index in [1.807, 2.05) is 4.90 Å². The predicted molar refractivity (Wildman–Crippen MR) is 96.0 cm³/mol. The Kier molecular flexibility index (Phi) is 5.48. The number of amides is 1. The summed E-state index contributed by atoms with van der Waals surface area (Å²) in [5, 5.41) is 8.52. The molecule has 6 nitrogen and oxygen atoms in total. The molecule has 2 aromatic rings. The van der Waals surface area contributed by atoms with E-state index in [2.05, 4.69) is 10.2 Å². The number of piperidine rings is 1. The largest absolute Gasteiger partial charge is 0.423 e. The fraction of sp³-hybridized carbons (Fsp3) is 0.550. The zero-order valence-electron chi connectivity index (χ0n) is 15.3. The quantitative estimate of drug-likeness (QED) is 0.815. The van der Waals surface area contributed by atoms with Gasteiger partial charge in [-0.1, -0.05) is 12.1 Å². The van der Waals surface area contributed by atoms with E-state index in [0.717, 1.165) is 32.1 Å². The summed E-state index contributed by atoms with van der Waals surface area (Å²) in [6.45, 7) is 1.55. The molecule has 144 valence electrons. The maximum atomic E-state index is 13.0. The lowest BCUT2D eigenvalue weighted by Gasteiger charge is -2.33. The van der Waals surface area contributed by atoms with E-state index in [0.29, 0.717) is 42.7 Å². The average molecular weight is 373 g/mol. The molecule has 2 fully saturated rings. The highest BCUT2D eigenvalue weighted by Gasteiger charge is 2.33. The van der Waals surface area contributed by atoms with Crippen LogP contribution in [0.1, 0.15) is 71.8 Å². The zero-order chi connectivity index (χ0) is 18.6. The van der Waals surface area contributed by atoms with Crippen molar-refractivity contribution in [1.29, 1.82) is 0 Å². The minimum Gasteiger partial charge on any atom is -0.423 e. The molecule has 1 atom stereocenters. The number of nitrogens with zero attached hydrogens (tertiary/aromatic N) is 3. The minimum atomic E-state index is -0.530. The molecule has 0 N–H and O–H groups in total. The van der Waals surface area contributed by atoms with E-state index in [9.17, 15) is 9.18 Å². The number of likely N-dealkylation sites (tertiary alicyclic amines) is 1. The number of hydrogen-bond acceptors (Lipinski definition) is 5. The second-order valence-corrected chi connectivity index (χ2v) is 7.21. The van der Waals surface area contributed by atoms with Crippen molar-refractivity contribution in [2.24, 2.45) is 0 Å². The topological polar surface area (TPSA) is 68.5 Å². The van der Waals surface area contributed by atoms with Gasteiger partial charge in [-0.3, -0.25) is 4.79 Å². The van der Waals surface area contributed by atoms with Crippen LogP contribution in [0.25, 0.3) is 0 Å². The number of hydrogen-bond donors (Lipinski definition) is 0. The first-order valence-electron chi connectivity index (χ1n) is 9.63. The van der Waals surface area contributed by atoms with Crippen LogP contribution in [0.2, 0.25) is 0 Å². The summed E-state index contributed by atoms with van der Waals surface area (Å²) in [4.78, 5) is 14.8. The molecule has 0 radical (unpaired) electrons. The molecular formula is C20H24FN3O3. The average Bonchev–Trinajstić information content (AvgIpc) is 3.24. The molecule has 1 aromatic heterocycles. The van der Waals surface area contributed by atoms with Crippen LogP contribution in [0.4, 0.5) is 4.39 Å². The molecule has 1 aromatic carbocycles. The van der Waals surface area contributed by atoms with Crippen molar-refractivity contribution < 1.29 is 18.3 Å². The number of ether oxygens (including phenoxy) is 1. The molecule has 2 aliphatic heterocycles. The van der Waals surface area contributed by atoms with E-state index in [-0.39, 0.29) is 17.9 Å². The summed E-state index contributed by atoms with van der Waals surface area (Å²) in [5.74, 6) is 1.33. The lowest BCUT2D eigenvalue weighted by atomic mass is 10.00. The first kappa shape index (κ1) is 18.1. The van der Waals surface area contributed by atoms with E-state index >= 15 is 0 Å².